The molecule has 10 nitrogen and oxygen atoms in total. The maximum absolute atomic E-state index is 13.3. The number of carboxylic acids is 1. The highest BCUT2D eigenvalue weighted by Crippen LogP contribution is 2.34. The van der Waals surface area contributed by atoms with Crippen molar-refractivity contribution in [1.82, 2.24) is 4.90 Å². The largest absolute Gasteiger partial charge is 0.545 e. The first-order valence-corrected chi connectivity index (χ1v) is 10.5. The first kappa shape index (κ1) is 22.8. The normalized spacial score (nSPS) is 16.9. The summed E-state index contributed by atoms with van der Waals surface area (Å²) in [7, 11) is 0. The van der Waals surface area contributed by atoms with E-state index in [1.807, 2.05) is 6.92 Å². The predicted octanol–water partition coefficient (Wildman–Crippen LogP) is 0.781. The molecule has 0 unspecified atom stereocenters. The van der Waals surface area contributed by atoms with Crippen LogP contribution < -0.4 is 24.2 Å². The number of hydrogen-bond acceptors (Lipinski definition) is 8. The van der Waals surface area contributed by atoms with Gasteiger partial charge in [0.25, 0.3) is 5.91 Å². The Labute approximate surface area is 194 Å². The summed E-state index contributed by atoms with van der Waals surface area (Å²) in [4.78, 5) is 51.9. The number of amides is 3. The molecule has 1 saturated heterocycles. The lowest BCUT2D eigenvalue weighted by Gasteiger charge is -2.27. The zero-order valence-electron chi connectivity index (χ0n) is 18.3. The number of carboxylic acid groups (broad SMARTS) is 1. The van der Waals surface area contributed by atoms with Crippen LogP contribution in [0.4, 0.5) is 5.69 Å². The zero-order valence-corrected chi connectivity index (χ0v) is 18.3. The van der Waals surface area contributed by atoms with Crippen LogP contribution in [0.3, 0.4) is 0 Å². The molecule has 4 rings (SSSR count). The van der Waals surface area contributed by atoms with E-state index in [9.17, 15) is 24.3 Å². The van der Waals surface area contributed by atoms with Crippen molar-refractivity contribution in [2.24, 2.45) is 0 Å². The fourth-order valence-corrected chi connectivity index (χ4v) is 3.80. The van der Waals surface area contributed by atoms with Gasteiger partial charge in [0.15, 0.2) is 11.5 Å². The van der Waals surface area contributed by atoms with Gasteiger partial charge < -0.3 is 29.0 Å². The number of nitrogens with zero attached hydrogens (tertiary/aromatic N) is 2. The first-order chi connectivity index (χ1) is 16.4. The van der Waals surface area contributed by atoms with Crippen molar-refractivity contribution in [2.45, 2.75) is 25.9 Å². The van der Waals surface area contributed by atoms with E-state index < -0.39 is 29.7 Å². The monoisotopic (exact) mass is 465 g/mol. The molecule has 0 N–H and O–H groups in total. The summed E-state index contributed by atoms with van der Waals surface area (Å²) in [5.74, 6) is -1.75. The Kier molecular flexibility index (Phi) is 6.48. The van der Waals surface area contributed by atoms with Crippen LogP contribution in [0.15, 0.2) is 54.6 Å². The van der Waals surface area contributed by atoms with E-state index in [0.717, 1.165) is 15.9 Å². The van der Waals surface area contributed by atoms with Crippen molar-refractivity contribution in [2.75, 3.05) is 18.3 Å². The maximum Gasteiger partial charge on any atom is 0.257 e. The Bertz CT molecular complexity index is 1160. The minimum atomic E-state index is -1.55. The molecule has 1 fully saturated rings. The number of fused-ring (bicyclic) bond motifs is 1. The van der Waals surface area contributed by atoms with Crippen LogP contribution in [-0.4, -0.2) is 48.0 Å². The summed E-state index contributed by atoms with van der Waals surface area (Å²) in [5.41, 5.74) is 0.959. The molecule has 3 amide bonds. The van der Waals surface area contributed by atoms with Gasteiger partial charge in [-0.2, -0.15) is 0 Å². The van der Waals surface area contributed by atoms with Gasteiger partial charge >= 0.3 is 0 Å². The van der Waals surface area contributed by atoms with Crippen LogP contribution in [0.2, 0.25) is 0 Å². The Balaban J connectivity index is 1.61. The minimum absolute atomic E-state index is 0.0618. The van der Waals surface area contributed by atoms with Crippen LogP contribution >= 0.6 is 0 Å². The van der Waals surface area contributed by atoms with E-state index in [0.29, 0.717) is 41.2 Å². The number of anilines is 1. The van der Waals surface area contributed by atoms with Crippen LogP contribution in [-0.2, 0) is 25.7 Å². The number of rotatable bonds is 8. The Morgan fingerprint density at radius 1 is 1.12 bits per heavy atom. The van der Waals surface area contributed by atoms with Gasteiger partial charge in [-0.3, -0.25) is 14.4 Å². The molecule has 0 saturated carbocycles. The van der Waals surface area contributed by atoms with Gasteiger partial charge in [-0.25, -0.2) is 4.90 Å². The molecule has 1 atom stereocenters. The molecule has 0 aliphatic carbocycles. The number of imide groups is 1. The van der Waals surface area contributed by atoms with Crippen molar-refractivity contribution in [3.05, 3.63) is 60.2 Å². The summed E-state index contributed by atoms with van der Waals surface area (Å²) in [6.45, 7) is 2.32. The molecule has 10 heteroatoms. The van der Waals surface area contributed by atoms with Gasteiger partial charge in [0.1, 0.15) is 11.8 Å². The van der Waals surface area contributed by atoms with Gasteiger partial charge in [-0.05, 0) is 55.0 Å². The SMILES string of the molecule is CCOc1ccc(N2C(=O)C[C@@H](N(Cc3ccc4c(c3)OCO4)C(=O)/C=C/C(=O)[O-])C2=O)cc1. The topological polar surface area (TPSA) is 126 Å². The Hall–Kier alpha value is -4.34. The zero-order chi connectivity index (χ0) is 24.2. The van der Waals surface area contributed by atoms with E-state index in [-0.39, 0.29) is 19.8 Å². The fourth-order valence-electron chi connectivity index (χ4n) is 3.80. The summed E-state index contributed by atoms with van der Waals surface area (Å²) >= 11 is 0. The average molecular weight is 465 g/mol. The van der Waals surface area contributed by atoms with Gasteiger partial charge in [-0.1, -0.05) is 6.07 Å². The number of aliphatic carboxylic acids is 1. The molecular weight excluding hydrogens is 444 g/mol. The van der Waals surface area contributed by atoms with Gasteiger partial charge in [0, 0.05) is 12.6 Å². The number of benzene rings is 2. The van der Waals surface area contributed by atoms with Gasteiger partial charge in [0.2, 0.25) is 18.6 Å². The molecule has 2 heterocycles. The number of ether oxygens (including phenoxy) is 3. The third kappa shape index (κ3) is 4.70. The third-order valence-corrected chi connectivity index (χ3v) is 5.34. The summed E-state index contributed by atoms with van der Waals surface area (Å²) < 4.78 is 16.0. The number of carbonyl (C=O) groups excluding carboxylic acids is 4. The van der Waals surface area contributed by atoms with E-state index in [1.165, 1.54) is 0 Å². The third-order valence-electron chi connectivity index (χ3n) is 5.34. The molecule has 34 heavy (non-hydrogen) atoms. The summed E-state index contributed by atoms with van der Waals surface area (Å²) in [6, 6.07) is 10.4. The fraction of sp³-hybridized carbons (Fsp3) is 0.250. The molecule has 0 bridgehead atoms. The Morgan fingerprint density at radius 2 is 1.85 bits per heavy atom. The molecule has 0 spiro atoms. The van der Waals surface area contributed by atoms with Crippen LogP contribution in [0, 0.1) is 0 Å². The van der Waals surface area contributed by atoms with Crippen molar-refractivity contribution in [3.63, 3.8) is 0 Å². The van der Waals surface area contributed by atoms with Crippen LogP contribution in [0.5, 0.6) is 17.2 Å². The van der Waals surface area contributed by atoms with Crippen molar-refractivity contribution in [1.29, 1.82) is 0 Å². The smallest absolute Gasteiger partial charge is 0.257 e. The molecule has 2 aliphatic rings. The van der Waals surface area contributed by atoms with Crippen molar-refractivity contribution >= 4 is 29.4 Å². The lowest BCUT2D eigenvalue weighted by atomic mass is 10.1. The van der Waals surface area contributed by atoms with Crippen molar-refractivity contribution < 1.29 is 38.5 Å². The highest BCUT2D eigenvalue weighted by molar-refractivity contribution is 6.23. The second kappa shape index (κ2) is 9.65. The molecule has 0 radical (unpaired) electrons. The van der Waals surface area contributed by atoms with E-state index >= 15 is 0 Å². The average Bonchev–Trinajstić information content (AvgIpc) is 3.40. The molecular formula is C24H21N2O8-. The molecule has 2 aliphatic heterocycles. The second-order valence-electron chi connectivity index (χ2n) is 7.52. The minimum Gasteiger partial charge on any atom is -0.545 e. The predicted molar refractivity (Wildman–Crippen MR) is 116 cm³/mol. The Morgan fingerprint density at radius 3 is 2.56 bits per heavy atom. The molecule has 2 aromatic carbocycles. The standard InChI is InChI=1S/C24H22N2O8/c1-2-32-17-6-4-16(5-7-17)26-22(28)12-18(24(26)31)25(21(27)9-10-23(29)30)13-15-3-8-19-20(11-15)34-14-33-19/h3-11,18H,2,12-14H2,1H3,(H,29,30)/p-1/b10-9+/t18-/m1/s1. The number of hydrogen-bond donors (Lipinski definition) is 0. The maximum atomic E-state index is 13.3. The lowest BCUT2D eigenvalue weighted by molar-refractivity contribution is -0.297. The van der Waals surface area contributed by atoms with Gasteiger partial charge in [0.05, 0.1) is 24.7 Å². The molecule has 176 valence electrons. The molecule has 2 aromatic rings. The number of carbonyl (C=O) groups is 4. The molecule has 0 aromatic heterocycles. The van der Waals surface area contributed by atoms with E-state index in [4.69, 9.17) is 14.2 Å². The quantitative estimate of drug-likeness (QED) is 0.414. The summed E-state index contributed by atoms with van der Waals surface area (Å²) in [6.07, 6.45) is 1.14. The van der Waals surface area contributed by atoms with Crippen LogP contribution in [0.1, 0.15) is 18.9 Å². The second-order valence-corrected chi connectivity index (χ2v) is 7.52. The van der Waals surface area contributed by atoms with Crippen molar-refractivity contribution in [3.8, 4) is 17.2 Å². The highest BCUT2D eigenvalue weighted by Gasteiger charge is 2.44. The highest BCUT2D eigenvalue weighted by atomic mass is 16.7. The van der Waals surface area contributed by atoms with Crippen LogP contribution in [0.25, 0.3) is 0 Å². The van der Waals surface area contributed by atoms with E-state index in [2.05, 4.69) is 0 Å². The summed E-state index contributed by atoms with van der Waals surface area (Å²) in [5, 5.41) is 10.8. The first-order valence-electron chi connectivity index (χ1n) is 10.5. The lowest BCUT2D eigenvalue weighted by Crippen LogP contribution is -2.44. The van der Waals surface area contributed by atoms with Gasteiger partial charge in [-0.15, -0.1) is 0 Å². The van der Waals surface area contributed by atoms with E-state index in [1.54, 1.807) is 42.5 Å².